The predicted molar refractivity (Wildman–Crippen MR) is 103 cm³/mol. The maximum absolute atomic E-state index is 12.5. The van der Waals surface area contributed by atoms with Gasteiger partial charge in [0, 0.05) is 13.0 Å². The number of aliphatic hydroxyl groups excluding tert-OH is 2. The number of carbonyl (C=O) groups excluding carboxylic acids is 1. The molecule has 3 N–H and O–H groups in total. The molecule has 1 amide bonds. The number of rotatable bonds is 5. The van der Waals surface area contributed by atoms with E-state index in [2.05, 4.69) is 19.2 Å². The first kappa shape index (κ1) is 20.1. The third kappa shape index (κ3) is 3.69. The van der Waals surface area contributed by atoms with Crippen molar-refractivity contribution in [3.05, 3.63) is 0 Å². The van der Waals surface area contributed by atoms with Crippen molar-refractivity contribution in [2.24, 2.45) is 35.0 Å². The SMILES string of the molecule is CCC1C(O)CC2(C)C(C(=O)NC)CCC2C1CCC1CCCC(O)C1. The van der Waals surface area contributed by atoms with Crippen LogP contribution in [0.15, 0.2) is 0 Å². The molecule has 4 heteroatoms. The Morgan fingerprint density at radius 1 is 1.12 bits per heavy atom. The second kappa shape index (κ2) is 8.18. The van der Waals surface area contributed by atoms with Crippen molar-refractivity contribution in [1.82, 2.24) is 5.32 Å². The van der Waals surface area contributed by atoms with Crippen molar-refractivity contribution in [3.8, 4) is 0 Å². The number of fused-ring (bicyclic) bond motifs is 1. The smallest absolute Gasteiger partial charge is 0.223 e. The lowest BCUT2D eigenvalue weighted by Gasteiger charge is -2.51. The summed E-state index contributed by atoms with van der Waals surface area (Å²) in [5.41, 5.74) is -0.0675. The van der Waals surface area contributed by atoms with Crippen LogP contribution in [-0.2, 0) is 4.79 Å². The van der Waals surface area contributed by atoms with E-state index < -0.39 is 0 Å². The number of hydrogen-bond donors (Lipinski definition) is 3. The molecule has 3 fully saturated rings. The molecule has 3 saturated carbocycles. The average molecular weight is 366 g/mol. The molecule has 0 aromatic heterocycles. The second-order valence-corrected chi connectivity index (χ2v) is 9.63. The molecule has 3 aliphatic rings. The van der Waals surface area contributed by atoms with Gasteiger partial charge in [-0.3, -0.25) is 4.79 Å². The molecule has 26 heavy (non-hydrogen) atoms. The van der Waals surface area contributed by atoms with Crippen LogP contribution in [0.3, 0.4) is 0 Å². The summed E-state index contributed by atoms with van der Waals surface area (Å²) in [5, 5.41) is 23.8. The first-order valence-corrected chi connectivity index (χ1v) is 11.0. The van der Waals surface area contributed by atoms with Gasteiger partial charge in [0.25, 0.3) is 0 Å². The molecule has 8 atom stereocenters. The van der Waals surface area contributed by atoms with E-state index in [0.29, 0.717) is 23.7 Å². The minimum atomic E-state index is -0.284. The Morgan fingerprint density at radius 2 is 1.88 bits per heavy atom. The minimum Gasteiger partial charge on any atom is -0.393 e. The van der Waals surface area contributed by atoms with Crippen LogP contribution in [0.4, 0.5) is 0 Å². The van der Waals surface area contributed by atoms with Gasteiger partial charge >= 0.3 is 0 Å². The molecule has 150 valence electrons. The van der Waals surface area contributed by atoms with E-state index in [1.165, 1.54) is 12.8 Å². The van der Waals surface area contributed by atoms with E-state index in [0.717, 1.165) is 51.4 Å². The summed E-state index contributed by atoms with van der Waals surface area (Å²) in [6.07, 6.45) is 10.1. The molecule has 0 bridgehead atoms. The van der Waals surface area contributed by atoms with Crippen LogP contribution in [0.25, 0.3) is 0 Å². The number of carbonyl (C=O) groups is 1. The summed E-state index contributed by atoms with van der Waals surface area (Å²) in [5.74, 6) is 2.27. The summed E-state index contributed by atoms with van der Waals surface area (Å²) in [6, 6.07) is 0. The first-order chi connectivity index (χ1) is 12.4. The monoisotopic (exact) mass is 365 g/mol. The zero-order valence-corrected chi connectivity index (χ0v) is 16.9. The van der Waals surface area contributed by atoms with E-state index in [4.69, 9.17) is 0 Å². The molecule has 4 nitrogen and oxygen atoms in total. The Labute approximate surface area is 159 Å². The Kier molecular flexibility index (Phi) is 6.33. The summed E-state index contributed by atoms with van der Waals surface area (Å²) >= 11 is 0. The lowest BCUT2D eigenvalue weighted by atomic mass is 9.55. The van der Waals surface area contributed by atoms with E-state index in [1.807, 2.05) is 0 Å². The van der Waals surface area contributed by atoms with Gasteiger partial charge in [-0.1, -0.05) is 39.5 Å². The maximum Gasteiger partial charge on any atom is 0.223 e. The van der Waals surface area contributed by atoms with Gasteiger partial charge in [-0.05, 0) is 67.6 Å². The Hall–Kier alpha value is -0.610. The van der Waals surface area contributed by atoms with Gasteiger partial charge < -0.3 is 15.5 Å². The fourth-order valence-corrected chi connectivity index (χ4v) is 6.99. The molecule has 0 spiro atoms. The lowest BCUT2D eigenvalue weighted by Crippen LogP contribution is -2.50. The standard InChI is InChI=1S/C22H39NO3/c1-4-16-17(9-8-14-6-5-7-15(24)12-14)18-10-11-19(21(26)23-3)22(18,2)13-20(16)25/h14-20,24-25H,4-13H2,1-3H3,(H,23,26). The topological polar surface area (TPSA) is 69.6 Å². The first-order valence-electron chi connectivity index (χ1n) is 11.0. The maximum atomic E-state index is 12.5. The molecule has 8 unspecified atom stereocenters. The second-order valence-electron chi connectivity index (χ2n) is 9.63. The van der Waals surface area contributed by atoms with Crippen LogP contribution in [0.5, 0.6) is 0 Å². The van der Waals surface area contributed by atoms with Gasteiger partial charge in [-0.15, -0.1) is 0 Å². The summed E-state index contributed by atoms with van der Waals surface area (Å²) in [6.45, 7) is 4.47. The molecule has 3 aliphatic carbocycles. The third-order valence-electron chi connectivity index (χ3n) is 8.32. The highest BCUT2D eigenvalue weighted by Gasteiger charge is 2.57. The average Bonchev–Trinajstić information content (AvgIpc) is 2.95. The van der Waals surface area contributed by atoms with Crippen molar-refractivity contribution < 1.29 is 15.0 Å². The van der Waals surface area contributed by atoms with E-state index in [-0.39, 0.29) is 29.4 Å². The van der Waals surface area contributed by atoms with Gasteiger partial charge in [0.15, 0.2) is 0 Å². The van der Waals surface area contributed by atoms with Gasteiger partial charge in [-0.2, -0.15) is 0 Å². The Bertz CT molecular complexity index is 496. The highest BCUT2D eigenvalue weighted by molar-refractivity contribution is 5.79. The summed E-state index contributed by atoms with van der Waals surface area (Å²) in [7, 11) is 1.74. The molecule has 0 aromatic rings. The van der Waals surface area contributed by atoms with Crippen LogP contribution in [-0.4, -0.2) is 35.4 Å². The van der Waals surface area contributed by atoms with E-state index >= 15 is 0 Å². The lowest BCUT2D eigenvalue weighted by molar-refractivity contribution is -0.134. The van der Waals surface area contributed by atoms with Crippen molar-refractivity contribution in [2.75, 3.05) is 7.05 Å². The Morgan fingerprint density at radius 3 is 2.54 bits per heavy atom. The molecule has 0 saturated heterocycles. The molecular formula is C22H39NO3. The van der Waals surface area contributed by atoms with Crippen molar-refractivity contribution >= 4 is 5.91 Å². The molecule has 3 rings (SSSR count). The number of aliphatic hydroxyl groups is 2. The third-order valence-corrected chi connectivity index (χ3v) is 8.32. The minimum absolute atomic E-state index is 0.0453. The molecule has 0 radical (unpaired) electrons. The normalized spacial score (nSPS) is 46.0. The fraction of sp³-hybridized carbons (Fsp3) is 0.955. The van der Waals surface area contributed by atoms with Crippen molar-refractivity contribution in [1.29, 1.82) is 0 Å². The molecule has 0 aliphatic heterocycles. The molecule has 0 heterocycles. The molecule has 0 aromatic carbocycles. The van der Waals surface area contributed by atoms with Gasteiger partial charge in [0.05, 0.1) is 12.2 Å². The molecular weight excluding hydrogens is 326 g/mol. The van der Waals surface area contributed by atoms with Gasteiger partial charge in [0.1, 0.15) is 0 Å². The number of amides is 1. The summed E-state index contributed by atoms with van der Waals surface area (Å²) in [4.78, 5) is 12.5. The van der Waals surface area contributed by atoms with Crippen LogP contribution in [0, 0.1) is 35.0 Å². The van der Waals surface area contributed by atoms with Gasteiger partial charge in [0.2, 0.25) is 5.91 Å². The largest absolute Gasteiger partial charge is 0.393 e. The fourth-order valence-electron chi connectivity index (χ4n) is 6.99. The zero-order valence-electron chi connectivity index (χ0n) is 16.9. The zero-order chi connectivity index (χ0) is 18.9. The number of hydrogen-bond acceptors (Lipinski definition) is 3. The van der Waals surface area contributed by atoms with E-state index in [9.17, 15) is 15.0 Å². The van der Waals surface area contributed by atoms with Crippen molar-refractivity contribution in [3.63, 3.8) is 0 Å². The number of nitrogens with one attached hydrogen (secondary N) is 1. The van der Waals surface area contributed by atoms with Crippen LogP contribution >= 0.6 is 0 Å². The van der Waals surface area contributed by atoms with Crippen LogP contribution < -0.4 is 5.32 Å². The van der Waals surface area contributed by atoms with E-state index in [1.54, 1.807) is 7.05 Å². The predicted octanol–water partition coefficient (Wildman–Crippen LogP) is 3.50. The summed E-state index contributed by atoms with van der Waals surface area (Å²) < 4.78 is 0. The van der Waals surface area contributed by atoms with Crippen LogP contribution in [0.1, 0.15) is 78.1 Å². The highest BCUT2D eigenvalue weighted by atomic mass is 16.3. The van der Waals surface area contributed by atoms with Crippen molar-refractivity contribution in [2.45, 2.75) is 90.3 Å². The Balaban J connectivity index is 1.74. The van der Waals surface area contributed by atoms with Crippen LogP contribution in [0.2, 0.25) is 0 Å². The quantitative estimate of drug-likeness (QED) is 0.698. The van der Waals surface area contributed by atoms with Gasteiger partial charge in [-0.25, -0.2) is 0 Å². The highest BCUT2D eigenvalue weighted by Crippen LogP contribution is 2.60.